The van der Waals surface area contributed by atoms with Crippen molar-refractivity contribution in [2.75, 3.05) is 11.5 Å². The van der Waals surface area contributed by atoms with E-state index in [-0.39, 0.29) is 18.3 Å². The molecule has 0 aliphatic rings. The SMILES string of the molecule is Nc1ccc(C(=O)NCc2cccc(F)c2)c(N)c1. The number of amides is 1. The highest BCUT2D eigenvalue weighted by Crippen LogP contribution is 2.15. The third-order valence-electron chi connectivity index (χ3n) is 2.66. The third-order valence-corrected chi connectivity index (χ3v) is 2.66. The fourth-order valence-corrected chi connectivity index (χ4v) is 1.71. The number of benzene rings is 2. The lowest BCUT2D eigenvalue weighted by atomic mass is 10.1. The Morgan fingerprint density at radius 3 is 2.63 bits per heavy atom. The number of hydrogen-bond donors (Lipinski definition) is 3. The van der Waals surface area contributed by atoms with Crippen molar-refractivity contribution in [1.29, 1.82) is 0 Å². The summed E-state index contributed by atoms with van der Waals surface area (Å²) in [5, 5.41) is 2.68. The fraction of sp³-hybridized carbons (Fsp3) is 0.0714. The molecule has 0 atom stereocenters. The minimum atomic E-state index is -0.334. The maximum atomic E-state index is 13.0. The molecule has 0 heterocycles. The molecule has 0 bridgehead atoms. The van der Waals surface area contributed by atoms with E-state index in [0.29, 0.717) is 22.5 Å². The molecule has 5 N–H and O–H groups in total. The number of nitrogens with two attached hydrogens (primary N) is 2. The second-order valence-electron chi connectivity index (χ2n) is 4.16. The first-order valence-electron chi connectivity index (χ1n) is 5.74. The van der Waals surface area contributed by atoms with Crippen LogP contribution in [0.1, 0.15) is 15.9 Å². The molecule has 0 fully saturated rings. The number of halogens is 1. The minimum absolute atomic E-state index is 0.237. The van der Waals surface area contributed by atoms with Gasteiger partial charge in [0.1, 0.15) is 5.82 Å². The summed E-state index contributed by atoms with van der Waals surface area (Å²) in [4.78, 5) is 11.9. The van der Waals surface area contributed by atoms with Gasteiger partial charge in [-0.3, -0.25) is 4.79 Å². The molecule has 0 aliphatic heterocycles. The summed E-state index contributed by atoms with van der Waals surface area (Å²) >= 11 is 0. The van der Waals surface area contributed by atoms with Gasteiger partial charge in [0.25, 0.3) is 5.91 Å². The molecule has 2 rings (SSSR count). The highest BCUT2D eigenvalue weighted by molar-refractivity contribution is 5.99. The summed E-state index contributed by atoms with van der Waals surface area (Å²) in [5.74, 6) is -0.652. The average Bonchev–Trinajstić information content (AvgIpc) is 2.36. The zero-order chi connectivity index (χ0) is 13.8. The molecule has 2 aromatic rings. The van der Waals surface area contributed by atoms with Crippen LogP contribution < -0.4 is 16.8 Å². The third kappa shape index (κ3) is 3.22. The lowest BCUT2D eigenvalue weighted by Crippen LogP contribution is -2.23. The van der Waals surface area contributed by atoms with Crippen LogP contribution in [0.4, 0.5) is 15.8 Å². The average molecular weight is 259 g/mol. The number of carbonyl (C=O) groups is 1. The van der Waals surface area contributed by atoms with Crippen molar-refractivity contribution in [1.82, 2.24) is 5.32 Å². The second-order valence-corrected chi connectivity index (χ2v) is 4.16. The standard InChI is InChI=1S/C14H14FN3O/c15-10-3-1-2-9(6-10)8-18-14(19)12-5-4-11(16)7-13(12)17/h1-7H,8,16-17H2,(H,18,19). The number of carbonyl (C=O) groups excluding carboxylic acids is 1. The molecule has 0 unspecified atom stereocenters. The molecule has 0 saturated heterocycles. The van der Waals surface area contributed by atoms with Gasteiger partial charge in [-0.2, -0.15) is 0 Å². The van der Waals surface area contributed by atoms with Gasteiger partial charge in [0.15, 0.2) is 0 Å². The van der Waals surface area contributed by atoms with Crippen LogP contribution in [0.25, 0.3) is 0 Å². The molecule has 0 aromatic heterocycles. The Morgan fingerprint density at radius 1 is 1.16 bits per heavy atom. The van der Waals surface area contributed by atoms with E-state index < -0.39 is 0 Å². The Kier molecular flexibility index (Phi) is 3.66. The van der Waals surface area contributed by atoms with Crippen LogP contribution in [0.2, 0.25) is 0 Å². The predicted molar refractivity (Wildman–Crippen MR) is 72.8 cm³/mol. The second kappa shape index (κ2) is 5.39. The van der Waals surface area contributed by atoms with Gasteiger partial charge < -0.3 is 16.8 Å². The van der Waals surface area contributed by atoms with E-state index in [1.807, 2.05) is 0 Å². The van der Waals surface area contributed by atoms with Crippen LogP contribution in [0.5, 0.6) is 0 Å². The van der Waals surface area contributed by atoms with Crippen molar-refractivity contribution in [3.05, 3.63) is 59.4 Å². The summed E-state index contributed by atoms with van der Waals surface area (Å²) in [7, 11) is 0. The van der Waals surface area contributed by atoms with Crippen molar-refractivity contribution >= 4 is 17.3 Å². The Bertz CT molecular complexity index is 613. The molecule has 4 nitrogen and oxygen atoms in total. The number of nitrogens with one attached hydrogen (secondary N) is 1. The largest absolute Gasteiger partial charge is 0.399 e. The van der Waals surface area contributed by atoms with Gasteiger partial charge in [-0.15, -0.1) is 0 Å². The molecule has 19 heavy (non-hydrogen) atoms. The van der Waals surface area contributed by atoms with Gasteiger partial charge in [-0.25, -0.2) is 4.39 Å². The molecule has 1 amide bonds. The number of rotatable bonds is 3. The van der Waals surface area contributed by atoms with Crippen molar-refractivity contribution in [2.24, 2.45) is 0 Å². The van der Waals surface area contributed by atoms with E-state index in [9.17, 15) is 9.18 Å². The lowest BCUT2D eigenvalue weighted by Gasteiger charge is -2.08. The Balaban J connectivity index is 2.05. The topological polar surface area (TPSA) is 81.1 Å². The summed E-state index contributed by atoms with van der Waals surface area (Å²) in [6.07, 6.45) is 0. The summed E-state index contributed by atoms with van der Waals surface area (Å²) < 4.78 is 13.0. The molecule has 0 saturated carbocycles. The van der Waals surface area contributed by atoms with E-state index >= 15 is 0 Å². The normalized spacial score (nSPS) is 10.2. The Hall–Kier alpha value is -2.56. The van der Waals surface area contributed by atoms with Gasteiger partial charge in [0.05, 0.1) is 5.56 Å². The van der Waals surface area contributed by atoms with Crippen LogP contribution in [0.15, 0.2) is 42.5 Å². The van der Waals surface area contributed by atoms with Gasteiger partial charge in [-0.1, -0.05) is 12.1 Å². The monoisotopic (exact) mass is 259 g/mol. The Labute approximate surface area is 110 Å². The zero-order valence-corrected chi connectivity index (χ0v) is 10.2. The summed E-state index contributed by atoms with van der Waals surface area (Å²) in [6.45, 7) is 0.237. The smallest absolute Gasteiger partial charge is 0.253 e. The molecule has 98 valence electrons. The maximum Gasteiger partial charge on any atom is 0.253 e. The van der Waals surface area contributed by atoms with E-state index in [4.69, 9.17) is 11.5 Å². The lowest BCUT2D eigenvalue weighted by molar-refractivity contribution is 0.0952. The number of nitrogen functional groups attached to an aromatic ring is 2. The molecular formula is C14H14FN3O. The van der Waals surface area contributed by atoms with Gasteiger partial charge in [-0.05, 0) is 35.9 Å². The number of hydrogen-bond acceptors (Lipinski definition) is 3. The van der Waals surface area contributed by atoms with Gasteiger partial charge >= 0.3 is 0 Å². The van der Waals surface area contributed by atoms with Crippen LogP contribution in [0, 0.1) is 5.82 Å². The zero-order valence-electron chi connectivity index (χ0n) is 10.2. The highest BCUT2D eigenvalue weighted by Gasteiger charge is 2.09. The van der Waals surface area contributed by atoms with Crippen LogP contribution >= 0.6 is 0 Å². The van der Waals surface area contributed by atoms with E-state index in [0.717, 1.165) is 0 Å². The first kappa shape index (κ1) is 12.9. The van der Waals surface area contributed by atoms with E-state index in [1.54, 1.807) is 24.3 Å². The first-order chi connectivity index (χ1) is 9.06. The maximum absolute atomic E-state index is 13.0. The molecule has 5 heteroatoms. The molecule has 0 aliphatic carbocycles. The van der Waals surface area contributed by atoms with Crippen molar-refractivity contribution in [3.63, 3.8) is 0 Å². The van der Waals surface area contributed by atoms with Crippen LogP contribution in [0.3, 0.4) is 0 Å². The first-order valence-corrected chi connectivity index (χ1v) is 5.74. The van der Waals surface area contributed by atoms with Crippen LogP contribution in [-0.2, 0) is 6.54 Å². The Morgan fingerprint density at radius 2 is 1.95 bits per heavy atom. The van der Waals surface area contributed by atoms with Crippen LogP contribution in [-0.4, -0.2) is 5.91 Å². The fourth-order valence-electron chi connectivity index (χ4n) is 1.71. The highest BCUT2D eigenvalue weighted by atomic mass is 19.1. The summed E-state index contributed by atoms with van der Waals surface area (Å²) in [6, 6.07) is 10.7. The quantitative estimate of drug-likeness (QED) is 0.736. The van der Waals surface area contributed by atoms with Gasteiger partial charge in [0.2, 0.25) is 0 Å². The molecular weight excluding hydrogens is 245 g/mol. The number of anilines is 2. The van der Waals surface area contributed by atoms with Crippen molar-refractivity contribution in [3.8, 4) is 0 Å². The van der Waals surface area contributed by atoms with E-state index in [1.165, 1.54) is 18.2 Å². The molecule has 0 spiro atoms. The molecule has 0 radical (unpaired) electrons. The van der Waals surface area contributed by atoms with Gasteiger partial charge in [0, 0.05) is 17.9 Å². The summed E-state index contributed by atoms with van der Waals surface area (Å²) in [5.41, 5.74) is 13.1. The van der Waals surface area contributed by atoms with Crippen molar-refractivity contribution < 1.29 is 9.18 Å². The van der Waals surface area contributed by atoms with E-state index in [2.05, 4.69) is 5.32 Å². The molecule has 2 aromatic carbocycles. The van der Waals surface area contributed by atoms with Crippen molar-refractivity contribution in [2.45, 2.75) is 6.54 Å². The predicted octanol–water partition coefficient (Wildman–Crippen LogP) is 1.92. The minimum Gasteiger partial charge on any atom is -0.399 e.